The first kappa shape index (κ1) is 29.0. The average Bonchev–Trinajstić information content (AvgIpc) is 2.90. The van der Waals surface area contributed by atoms with E-state index in [-0.39, 0.29) is 43.6 Å². The van der Waals surface area contributed by atoms with Gasteiger partial charge >= 0.3 is 6.09 Å². The number of anilines is 1. The zero-order valence-electron chi connectivity index (χ0n) is 23.8. The summed E-state index contributed by atoms with van der Waals surface area (Å²) in [5.74, 6) is -0.0169. The van der Waals surface area contributed by atoms with Gasteiger partial charge in [0.15, 0.2) is 0 Å². The van der Waals surface area contributed by atoms with E-state index in [1.165, 1.54) is 18.2 Å². The maximum Gasteiger partial charge on any atom is 0.407 e. The Labute approximate surface area is 236 Å². The third-order valence-corrected chi connectivity index (χ3v) is 8.76. The van der Waals surface area contributed by atoms with E-state index in [2.05, 4.69) is 19.2 Å². The summed E-state index contributed by atoms with van der Waals surface area (Å²) in [6.45, 7) is 10.7. The van der Waals surface area contributed by atoms with Crippen molar-refractivity contribution < 1.29 is 19.1 Å². The van der Waals surface area contributed by atoms with Gasteiger partial charge in [-0.2, -0.15) is 0 Å². The molecule has 1 aliphatic heterocycles. The number of hydrogen-bond donors (Lipinski definition) is 1. The van der Waals surface area contributed by atoms with Crippen molar-refractivity contribution in [1.82, 2.24) is 10.2 Å². The van der Waals surface area contributed by atoms with Crippen LogP contribution >= 0.6 is 11.8 Å². The second-order valence-electron chi connectivity index (χ2n) is 11.3. The van der Waals surface area contributed by atoms with Crippen molar-refractivity contribution in [1.29, 1.82) is 0 Å². The highest BCUT2D eigenvalue weighted by Gasteiger charge is 2.41. The molecule has 1 aliphatic carbocycles. The third-order valence-electron chi connectivity index (χ3n) is 7.53. The number of benzene rings is 2. The van der Waals surface area contributed by atoms with Crippen LogP contribution < -0.4 is 10.2 Å². The molecule has 3 amide bonds. The Morgan fingerprint density at radius 2 is 1.82 bits per heavy atom. The Balaban J connectivity index is 1.52. The van der Waals surface area contributed by atoms with Gasteiger partial charge in [-0.05, 0) is 70.7 Å². The smallest absolute Gasteiger partial charge is 0.407 e. The summed E-state index contributed by atoms with van der Waals surface area (Å²) in [5.41, 5.74) is 3.19. The molecule has 4 rings (SSSR count). The summed E-state index contributed by atoms with van der Waals surface area (Å²) >= 11 is 1.52. The van der Waals surface area contributed by atoms with Crippen LogP contribution in [0, 0.1) is 6.92 Å². The molecule has 39 heavy (non-hydrogen) atoms. The van der Waals surface area contributed by atoms with E-state index in [1.807, 2.05) is 68.1 Å². The summed E-state index contributed by atoms with van der Waals surface area (Å²) in [6.07, 6.45) is 5.07. The summed E-state index contributed by atoms with van der Waals surface area (Å²) in [5, 5.41) is 2.77. The predicted molar refractivity (Wildman–Crippen MR) is 156 cm³/mol. The van der Waals surface area contributed by atoms with Crippen molar-refractivity contribution >= 4 is 35.4 Å². The van der Waals surface area contributed by atoms with Crippen LogP contribution in [0.1, 0.15) is 81.3 Å². The molecule has 7 nitrogen and oxygen atoms in total. The van der Waals surface area contributed by atoms with E-state index < -0.39 is 10.8 Å². The second-order valence-corrected chi connectivity index (χ2v) is 13.0. The molecule has 0 radical (unpaired) electrons. The highest BCUT2D eigenvalue weighted by Crippen LogP contribution is 2.46. The number of amides is 3. The summed E-state index contributed by atoms with van der Waals surface area (Å²) in [7, 11) is 0. The van der Waals surface area contributed by atoms with Gasteiger partial charge in [-0.25, -0.2) is 4.79 Å². The van der Waals surface area contributed by atoms with Crippen molar-refractivity contribution in [3.05, 3.63) is 59.2 Å². The molecule has 0 spiro atoms. The van der Waals surface area contributed by atoms with Gasteiger partial charge < -0.3 is 19.9 Å². The molecular formula is C31H41N3O4S. The minimum absolute atomic E-state index is 0.0297. The third kappa shape index (κ3) is 6.78. The molecule has 0 bridgehead atoms. The van der Waals surface area contributed by atoms with Crippen molar-refractivity contribution in [3.63, 3.8) is 0 Å². The Bertz CT molecular complexity index is 1190. The Kier molecular flexibility index (Phi) is 9.26. The lowest BCUT2D eigenvalue weighted by Gasteiger charge is -2.40. The van der Waals surface area contributed by atoms with Gasteiger partial charge in [-0.3, -0.25) is 9.59 Å². The molecule has 1 heterocycles. The summed E-state index contributed by atoms with van der Waals surface area (Å²) in [4.78, 5) is 44.5. The fourth-order valence-electron chi connectivity index (χ4n) is 5.53. The van der Waals surface area contributed by atoms with E-state index in [9.17, 15) is 14.4 Å². The van der Waals surface area contributed by atoms with E-state index in [0.717, 1.165) is 47.4 Å². The van der Waals surface area contributed by atoms with Crippen LogP contribution in [0.2, 0.25) is 0 Å². The van der Waals surface area contributed by atoms with Crippen molar-refractivity contribution in [2.75, 3.05) is 18.0 Å². The van der Waals surface area contributed by atoms with Crippen LogP contribution in [0.25, 0.3) is 0 Å². The van der Waals surface area contributed by atoms with E-state index in [0.29, 0.717) is 5.56 Å². The quantitative estimate of drug-likeness (QED) is 0.415. The SMILES string of the molecule is Cc1cc2c(cc1C(=O)N(C(C)C)C1CCCCC1)N(CCNC(=O)OCc1ccccc1)C(=O)C(C)(C)S2. The van der Waals surface area contributed by atoms with Gasteiger partial charge in [-0.15, -0.1) is 11.8 Å². The Hall–Kier alpha value is -3.00. The minimum Gasteiger partial charge on any atom is -0.445 e. The van der Waals surface area contributed by atoms with Gasteiger partial charge in [0.25, 0.3) is 5.91 Å². The Morgan fingerprint density at radius 1 is 1.13 bits per heavy atom. The number of rotatable bonds is 8. The molecule has 210 valence electrons. The highest BCUT2D eigenvalue weighted by atomic mass is 32.2. The van der Waals surface area contributed by atoms with Crippen LogP contribution in [0.3, 0.4) is 0 Å². The van der Waals surface area contributed by atoms with Crippen molar-refractivity contribution in [2.45, 2.75) is 95.1 Å². The van der Waals surface area contributed by atoms with Gasteiger partial charge in [0, 0.05) is 35.6 Å². The van der Waals surface area contributed by atoms with Gasteiger partial charge in [0.05, 0.1) is 10.4 Å². The standard InChI is InChI=1S/C31H41N3O4S/c1-21(2)34(24-14-10-7-11-15-24)28(35)25-19-26-27(18-22(25)3)39-31(4,5)29(36)33(26)17-16-32-30(37)38-20-23-12-8-6-9-13-23/h6,8-9,12-13,18-19,21,24H,7,10-11,14-17,20H2,1-5H3,(H,32,37). The number of thioether (sulfide) groups is 1. The zero-order chi connectivity index (χ0) is 28.2. The van der Waals surface area contributed by atoms with Crippen molar-refractivity contribution in [2.24, 2.45) is 0 Å². The molecule has 2 aromatic carbocycles. The number of nitrogens with one attached hydrogen (secondary N) is 1. The largest absolute Gasteiger partial charge is 0.445 e. The van der Waals surface area contributed by atoms with Crippen LogP contribution in [-0.2, 0) is 16.1 Å². The van der Waals surface area contributed by atoms with E-state index in [4.69, 9.17) is 4.74 Å². The first-order valence-electron chi connectivity index (χ1n) is 14.0. The Morgan fingerprint density at radius 3 is 2.49 bits per heavy atom. The van der Waals surface area contributed by atoms with Crippen LogP contribution in [0.5, 0.6) is 0 Å². The zero-order valence-corrected chi connectivity index (χ0v) is 24.6. The number of hydrogen-bond acceptors (Lipinski definition) is 5. The number of carbonyl (C=O) groups is 3. The lowest BCUT2D eigenvalue weighted by molar-refractivity contribution is -0.120. The number of alkyl carbamates (subject to hydrolysis) is 1. The average molecular weight is 552 g/mol. The lowest BCUT2D eigenvalue weighted by atomic mass is 9.92. The summed E-state index contributed by atoms with van der Waals surface area (Å²) < 4.78 is 4.66. The maximum atomic E-state index is 13.9. The monoisotopic (exact) mass is 551 g/mol. The summed E-state index contributed by atoms with van der Waals surface area (Å²) in [6, 6.07) is 13.8. The highest BCUT2D eigenvalue weighted by molar-refractivity contribution is 8.01. The first-order chi connectivity index (χ1) is 18.6. The van der Waals surface area contributed by atoms with Crippen molar-refractivity contribution in [3.8, 4) is 0 Å². The van der Waals surface area contributed by atoms with E-state index >= 15 is 0 Å². The first-order valence-corrected chi connectivity index (χ1v) is 14.8. The van der Waals surface area contributed by atoms with Crippen LogP contribution in [0.4, 0.5) is 10.5 Å². The second kappa shape index (κ2) is 12.5. The molecule has 1 fully saturated rings. The minimum atomic E-state index is -0.662. The maximum absolute atomic E-state index is 13.9. The van der Waals surface area contributed by atoms with Crippen LogP contribution in [-0.4, -0.2) is 52.7 Å². The van der Waals surface area contributed by atoms with E-state index in [1.54, 1.807) is 4.90 Å². The van der Waals surface area contributed by atoms with Gasteiger partial charge in [0.2, 0.25) is 5.91 Å². The molecule has 0 aromatic heterocycles. The number of fused-ring (bicyclic) bond motifs is 1. The number of carbonyl (C=O) groups excluding carboxylic acids is 3. The van der Waals surface area contributed by atoms with Gasteiger partial charge in [-0.1, -0.05) is 49.6 Å². The van der Waals surface area contributed by atoms with Crippen LogP contribution in [0.15, 0.2) is 47.4 Å². The molecule has 2 aromatic rings. The number of ether oxygens (including phenoxy) is 1. The molecule has 0 unspecified atom stereocenters. The molecule has 2 aliphatic rings. The topological polar surface area (TPSA) is 79.0 Å². The molecule has 8 heteroatoms. The normalized spacial score (nSPS) is 17.1. The molecule has 0 atom stereocenters. The molecule has 0 saturated heterocycles. The lowest BCUT2D eigenvalue weighted by Crippen LogP contribution is -2.49. The molecular weight excluding hydrogens is 510 g/mol. The molecule has 1 N–H and O–H groups in total. The fourth-order valence-corrected chi connectivity index (χ4v) is 6.79. The fraction of sp³-hybridized carbons (Fsp3) is 0.516. The molecule has 1 saturated carbocycles. The number of aryl methyl sites for hydroxylation is 1. The predicted octanol–water partition coefficient (Wildman–Crippen LogP) is 6.32. The number of nitrogens with zero attached hydrogens (tertiary/aromatic N) is 2. The van der Waals surface area contributed by atoms with Gasteiger partial charge in [0.1, 0.15) is 6.61 Å².